The molecule has 0 aliphatic carbocycles. The second kappa shape index (κ2) is 11.6. The van der Waals surface area contributed by atoms with Crippen LogP contribution in [0.2, 0.25) is 5.02 Å². The van der Waals surface area contributed by atoms with Crippen molar-refractivity contribution in [3.05, 3.63) is 69.9 Å². The molecule has 1 aliphatic heterocycles. The van der Waals surface area contributed by atoms with Crippen molar-refractivity contribution in [2.75, 3.05) is 38.6 Å². The molecule has 2 aromatic carbocycles. The highest BCUT2D eigenvalue weighted by atomic mass is 35.5. The summed E-state index contributed by atoms with van der Waals surface area (Å²) >= 11 is 6.20. The third kappa shape index (κ3) is 6.11. The summed E-state index contributed by atoms with van der Waals surface area (Å²) in [6.07, 6.45) is 1.54. The first-order valence-corrected chi connectivity index (χ1v) is 14.0. The van der Waals surface area contributed by atoms with E-state index in [-0.39, 0.29) is 17.3 Å². The molecule has 0 unspecified atom stereocenters. The number of nitrogens with zero attached hydrogens (tertiary/aromatic N) is 2. The van der Waals surface area contributed by atoms with Crippen molar-refractivity contribution in [2.24, 2.45) is 0 Å². The van der Waals surface area contributed by atoms with Crippen LogP contribution in [0.1, 0.15) is 29.3 Å². The number of rotatable bonds is 9. The minimum Gasteiger partial charge on any atom is -0.493 e. The number of aromatic nitrogens is 1. The fourth-order valence-corrected chi connectivity index (χ4v) is 5.86. The second-order valence-corrected chi connectivity index (χ2v) is 10.9. The Morgan fingerprint density at radius 2 is 1.78 bits per heavy atom. The van der Waals surface area contributed by atoms with Gasteiger partial charge in [-0.1, -0.05) is 30.7 Å². The van der Waals surface area contributed by atoms with Crippen LogP contribution in [0.25, 0.3) is 0 Å². The van der Waals surface area contributed by atoms with E-state index in [4.69, 9.17) is 30.8 Å². The minimum atomic E-state index is -3.97. The average Bonchev–Trinajstić information content (AvgIpc) is 3.10. The summed E-state index contributed by atoms with van der Waals surface area (Å²) < 4.78 is 46.3. The van der Waals surface area contributed by atoms with E-state index in [1.165, 1.54) is 6.07 Å². The van der Waals surface area contributed by atoms with Crippen LogP contribution in [0.3, 0.4) is 0 Å². The number of fused-ring (bicyclic) bond motifs is 1. The fourth-order valence-electron chi connectivity index (χ4n) is 4.35. The molecule has 8 nitrogen and oxygen atoms in total. The molecule has 0 saturated carbocycles. The van der Waals surface area contributed by atoms with E-state index < -0.39 is 10.0 Å². The summed E-state index contributed by atoms with van der Waals surface area (Å²) in [7, 11) is -0.816. The molecule has 1 N–H and O–H groups in total. The van der Waals surface area contributed by atoms with Crippen molar-refractivity contribution in [3.63, 3.8) is 0 Å². The number of sulfonamides is 1. The van der Waals surface area contributed by atoms with Crippen LogP contribution in [0, 0.1) is 6.92 Å². The van der Waals surface area contributed by atoms with Gasteiger partial charge in [0, 0.05) is 30.2 Å². The maximum absolute atomic E-state index is 13.4. The van der Waals surface area contributed by atoms with E-state index in [1.807, 2.05) is 18.2 Å². The monoisotopic (exact) mass is 545 g/mol. The number of benzene rings is 2. The number of pyridine rings is 1. The minimum absolute atomic E-state index is 0.0970. The van der Waals surface area contributed by atoms with Crippen LogP contribution in [0.5, 0.6) is 17.2 Å². The van der Waals surface area contributed by atoms with Crippen molar-refractivity contribution < 1.29 is 22.6 Å². The predicted octanol–water partition coefficient (Wildman–Crippen LogP) is 4.86. The molecule has 0 fully saturated rings. The number of ether oxygens (including phenoxy) is 3. The molecule has 198 valence electrons. The molecule has 4 rings (SSSR count). The third-order valence-corrected chi connectivity index (χ3v) is 8.44. The largest absolute Gasteiger partial charge is 0.493 e. The van der Waals surface area contributed by atoms with E-state index in [9.17, 15) is 8.42 Å². The number of hydrogen-bond donors (Lipinski definition) is 1. The topological polar surface area (TPSA) is 90.0 Å². The summed E-state index contributed by atoms with van der Waals surface area (Å²) in [5.74, 6) is 1.72. The molecule has 0 bridgehead atoms. The molecule has 0 saturated heterocycles. The van der Waals surface area contributed by atoms with Crippen molar-refractivity contribution in [1.29, 1.82) is 0 Å². The summed E-state index contributed by atoms with van der Waals surface area (Å²) in [4.78, 5) is 7.21. The quantitative estimate of drug-likeness (QED) is 0.410. The Balaban J connectivity index is 1.69. The number of halogens is 1. The number of likely N-dealkylation sites (N-methyl/N-ethyl adjacent to an activating group) is 1. The van der Waals surface area contributed by atoms with Crippen molar-refractivity contribution in [1.82, 2.24) is 9.88 Å². The predicted molar refractivity (Wildman–Crippen MR) is 145 cm³/mol. The smallest absolute Gasteiger partial charge is 0.263 e. The molecule has 0 atom stereocenters. The van der Waals surface area contributed by atoms with Gasteiger partial charge in [-0.15, -0.1) is 0 Å². The Hall–Kier alpha value is -3.01. The molecular weight excluding hydrogens is 514 g/mol. The lowest BCUT2D eigenvalue weighted by Gasteiger charge is -2.17. The molecule has 0 spiro atoms. The normalized spacial score (nSPS) is 14.0. The molecule has 10 heteroatoms. The lowest BCUT2D eigenvalue weighted by atomic mass is 10.1. The Morgan fingerprint density at radius 3 is 2.51 bits per heavy atom. The molecular formula is C27H32ClN3O5S. The van der Waals surface area contributed by atoms with Gasteiger partial charge in [-0.25, -0.2) is 13.4 Å². The van der Waals surface area contributed by atoms with E-state index in [2.05, 4.69) is 16.5 Å². The highest BCUT2D eigenvalue weighted by molar-refractivity contribution is 7.92. The lowest BCUT2D eigenvalue weighted by Crippen LogP contribution is -2.25. The Morgan fingerprint density at radius 1 is 1.03 bits per heavy atom. The standard InChI is InChI=1S/C27H32ClN3O5S/c1-5-31-13-11-20-16-25(36-17-19-9-10-23(34-3)24(15-19)35-4)27(29-22(20)12-14-31)30-37(32,33)26-8-6-7-21(28)18(26)2/h6-10,15-16H,5,11-14,17H2,1-4H3,(H,29,30). The Kier molecular flexibility index (Phi) is 8.46. The Bertz CT molecular complexity index is 1380. The fraction of sp³-hybridized carbons (Fsp3) is 0.370. The highest BCUT2D eigenvalue weighted by Crippen LogP contribution is 2.33. The number of anilines is 1. The molecule has 2 heterocycles. The van der Waals surface area contributed by atoms with E-state index in [0.717, 1.165) is 49.3 Å². The number of nitrogens with one attached hydrogen (secondary N) is 1. The lowest BCUT2D eigenvalue weighted by molar-refractivity contribution is 0.302. The maximum Gasteiger partial charge on any atom is 0.263 e. The zero-order chi connectivity index (χ0) is 26.6. The van der Waals surface area contributed by atoms with Crippen LogP contribution in [-0.2, 0) is 29.5 Å². The van der Waals surface area contributed by atoms with Gasteiger partial charge in [0.05, 0.1) is 19.1 Å². The van der Waals surface area contributed by atoms with E-state index >= 15 is 0 Å². The molecule has 37 heavy (non-hydrogen) atoms. The summed E-state index contributed by atoms with van der Waals surface area (Å²) in [6, 6.07) is 12.2. The average molecular weight is 546 g/mol. The van der Waals surface area contributed by atoms with Crippen LogP contribution >= 0.6 is 11.6 Å². The van der Waals surface area contributed by atoms with Gasteiger partial charge in [0.25, 0.3) is 10.0 Å². The van der Waals surface area contributed by atoms with Gasteiger partial charge in [0.1, 0.15) is 6.61 Å². The van der Waals surface area contributed by atoms with Gasteiger partial charge in [-0.2, -0.15) is 0 Å². The molecule has 0 amide bonds. The number of hydrogen-bond acceptors (Lipinski definition) is 7. The Labute approximate surface area is 223 Å². The first-order valence-electron chi connectivity index (χ1n) is 12.1. The SMILES string of the molecule is CCN1CCc2cc(OCc3ccc(OC)c(OC)c3)c(NS(=O)(=O)c3cccc(Cl)c3C)nc2CC1. The zero-order valence-electron chi connectivity index (χ0n) is 21.5. The first-order chi connectivity index (χ1) is 17.7. The molecule has 1 aromatic heterocycles. The van der Waals surface area contributed by atoms with Gasteiger partial charge in [0.2, 0.25) is 0 Å². The van der Waals surface area contributed by atoms with Crippen LogP contribution in [0.15, 0.2) is 47.4 Å². The highest BCUT2D eigenvalue weighted by Gasteiger charge is 2.24. The summed E-state index contributed by atoms with van der Waals surface area (Å²) in [6.45, 7) is 6.72. The van der Waals surface area contributed by atoms with Crippen molar-refractivity contribution in [3.8, 4) is 17.2 Å². The van der Waals surface area contributed by atoms with Crippen molar-refractivity contribution >= 4 is 27.4 Å². The van der Waals surface area contributed by atoms with Crippen LogP contribution < -0.4 is 18.9 Å². The second-order valence-electron chi connectivity index (χ2n) is 8.82. The van der Waals surface area contributed by atoms with E-state index in [0.29, 0.717) is 27.8 Å². The van der Waals surface area contributed by atoms with Gasteiger partial charge in [0.15, 0.2) is 23.1 Å². The zero-order valence-corrected chi connectivity index (χ0v) is 23.1. The van der Waals surface area contributed by atoms with Gasteiger partial charge in [-0.05, 0) is 66.9 Å². The summed E-state index contributed by atoms with van der Waals surface area (Å²) in [5.41, 5.74) is 3.23. The molecule has 0 radical (unpaired) electrons. The molecule has 1 aliphatic rings. The maximum atomic E-state index is 13.4. The summed E-state index contributed by atoms with van der Waals surface area (Å²) in [5, 5.41) is 0.377. The number of methoxy groups -OCH3 is 2. The van der Waals surface area contributed by atoms with Gasteiger partial charge >= 0.3 is 0 Å². The van der Waals surface area contributed by atoms with Crippen LogP contribution in [-0.4, -0.2) is 52.2 Å². The molecule has 3 aromatic rings. The van der Waals surface area contributed by atoms with Crippen molar-refractivity contribution in [2.45, 2.75) is 38.2 Å². The third-order valence-electron chi connectivity index (χ3n) is 6.55. The van der Waals surface area contributed by atoms with Gasteiger partial charge in [-0.3, -0.25) is 4.72 Å². The van der Waals surface area contributed by atoms with Crippen LogP contribution in [0.4, 0.5) is 5.82 Å². The first kappa shape index (κ1) is 27.0. The van der Waals surface area contributed by atoms with Gasteiger partial charge < -0.3 is 19.1 Å². The van der Waals surface area contributed by atoms with E-state index in [1.54, 1.807) is 39.3 Å².